The molecule has 0 saturated carbocycles. The van der Waals surface area contributed by atoms with Gasteiger partial charge in [-0.1, -0.05) is 42.0 Å². The second-order valence-corrected chi connectivity index (χ2v) is 4.61. The Hall–Kier alpha value is -1.98. The number of nitro groups is 1. The van der Waals surface area contributed by atoms with Crippen molar-refractivity contribution < 1.29 is 4.92 Å². The molecule has 0 heterocycles. The molecule has 2 aromatic rings. The Morgan fingerprint density at radius 2 is 1.89 bits per heavy atom. The van der Waals surface area contributed by atoms with Gasteiger partial charge in [0.05, 0.1) is 4.92 Å². The summed E-state index contributed by atoms with van der Waals surface area (Å²) in [6, 6.07) is 13.2. The summed E-state index contributed by atoms with van der Waals surface area (Å²) < 4.78 is 0. The number of nitrogens with one attached hydrogen (secondary N) is 1. The Bertz CT molecular complexity index is 629. The van der Waals surface area contributed by atoms with E-state index in [0.717, 1.165) is 5.56 Å². The summed E-state index contributed by atoms with van der Waals surface area (Å²) in [6.07, 6.45) is 0. The minimum atomic E-state index is -0.448. The third-order valence-electron chi connectivity index (χ3n) is 2.42. The lowest BCUT2D eigenvalue weighted by Gasteiger charge is -2.07. The van der Waals surface area contributed by atoms with Crippen LogP contribution < -0.4 is 5.32 Å². The standard InChI is InChI=1S/C13H9ClN2O2S/c14-10-6-4-9(5-7-10)13(19)15-11-2-1-3-12(8-11)16(17)18/h1-8H,(H,15,19). The van der Waals surface area contributed by atoms with Gasteiger partial charge in [0, 0.05) is 28.4 Å². The molecule has 0 atom stereocenters. The fourth-order valence-corrected chi connectivity index (χ4v) is 1.88. The van der Waals surface area contributed by atoms with E-state index in [1.807, 2.05) is 0 Å². The lowest BCUT2D eigenvalue weighted by atomic mass is 10.2. The van der Waals surface area contributed by atoms with E-state index < -0.39 is 4.92 Å². The van der Waals surface area contributed by atoms with Gasteiger partial charge >= 0.3 is 0 Å². The Morgan fingerprint density at radius 3 is 2.53 bits per heavy atom. The SMILES string of the molecule is O=[N+]([O-])c1cccc(NC(=S)c2ccc(Cl)cc2)c1. The Balaban J connectivity index is 2.17. The molecule has 0 radical (unpaired) electrons. The van der Waals surface area contributed by atoms with E-state index in [2.05, 4.69) is 5.32 Å². The van der Waals surface area contributed by atoms with Crippen LogP contribution >= 0.6 is 23.8 Å². The van der Waals surface area contributed by atoms with Crippen molar-refractivity contribution in [3.05, 3.63) is 69.2 Å². The van der Waals surface area contributed by atoms with Crippen LogP contribution in [0.1, 0.15) is 5.56 Å². The number of nitro benzene ring substituents is 1. The molecule has 0 aromatic heterocycles. The predicted octanol–water partition coefficient (Wildman–Crippen LogP) is 4.04. The van der Waals surface area contributed by atoms with E-state index in [1.54, 1.807) is 36.4 Å². The third kappa shape index (κ3) is 3.49. The molecule has 0 aliphatic heterocycles. The molecule has 0 saturated heterocycles. The van der Waals surface area contributed by atoms with Gasteiger partial charge in [0.25, 0.3) is 5.69 Å². The number of halogens is 1. The maximum Gasteiger partial charge on any atom is 0.271 e. The Kier molecular flexibility index (Phi) is 4.09. The van der Waals surface area contributed by atoms with Crippen LogP contribution in [-0.4, -0.2) is 9.91 Å². The first-order valence-electron chi connectivity index (χ1n) is 5.37. The highest BCUT2D eigenvalue weighted by Crippen LogP contribution is 2.18. The highest BCUT2D eigenvalue weighted by molar-refractivity contribution is 7.81. The van der Waals surface area contributed by atoms with Crippen LogP contribution in [0.25, 0.3) is 0 Å². The van der Waals surface area contributed by atoms with Crippen molar-refractivity contribution in [1.82, 2.24) is 0 Å². The summed E-state index contributed by atoms with van der Waals surface area (Å²) in [5, 5.41) is 14.3. The topological polar surface area (TPSA) is 55.2 Å². The van der Waals surface area contributed by atoms with E-state index in [9.17, 15) is 10.1 Å². The van der Waals surface area contributed by atoms with Gasteiger partial charge in [0.15, 0.2) is 0 Å². The molecule has 1 N–H and O–H groups in total. The van der Waals surface area contributed by atoms with Crippen molar-refractivity contribution in [2.75, 3.05) is 5.32 Å². The number of nitrogens with zero attached hydrogens (tertiary/aromatic N) is 1. The summed E-state index contributed by atoms with van der Waals surface area (Å²) in [6.45, 7) is 0. The fraction of sp³-hybridized carbons (Fsp3) is 0. The maximum absolute atomic E-state index is 10.7. The number of thiocarbonyl (C=S) groups is 1. The van der Waals surface area contributed by atoms with E-state index >= 15 is 0 Å². The molecule has 0 bridgehead atoms. The molecule has 0 spiro atoms. The first-order valence-corrected chi connectivity index (χ1v) is 6.16. The zero-order valence-corrected chi connectivity index (χ0v) is 11.2. The molecule has 0 aliphatic carbocycles. The van der Waals surface area contributed by atoms with Crippen molar-refractivity contribution >= 4 is 40.2 Å². The second-order valence-electron chi connectivity index (χ2n) is 3.77. The maximum atomic E-state index is 10.7. The molecule has 6 heteroatoms. The monoisotopic (exact) mass is 292 g/mol. The van der Waals surface area contributed by atoms with Crippen LogP contribution in [0, 0.1) is 10.1 Å². The van der Waals surface area contributed by atoms with Crippen LogP contribution in [0.5, 0.6) is 0 Å². The highest BCUT2D eigenvalue weighted by Gasteiger charge is 2.07. The number of benzene rings is 2. The van der Waals surface area contributed by atoms with Crippen LogP contribution in [0.4, 0.5) is 11.4 Å². The number of rotatable bonds is 3. The Morgan fingerprint density at radius 1 is 1.21 bits per heavy atom. The normalized spacial score (nSPS) is 9.95. The average Bonchev–Trinajstić information content (AvgIpc) is 2.39. The molecule has 0 unspecified atom stereocenters. The van der Waals surface area contributed by atoms with Crippen LogP contribution in [-0.2, 0) is 0 Å². The first-order chi connectivity index (χ1) is 9.06. The van der Waals surface area contributed by atoms with Gasteiger partial charge in [-0.15, -0.1) is 0 Å². The lowest BCUT2D eigenvalue weighted by Crippen LogP contribution is -2.10. The quantitative estimate of drug-likeness (QED) is 0.527. The molecule has 0 fully saturated rings. The van der Waals surface area contributed by atoms with E-state index in [0.29, 0.717) is 15.7 Å². The van der Waals surface area contributed by atoms with Crippen molar-refractivity contribution in [2.45, 2.75) is 0 Å². The third-order valence-corrected chi connectivity index (χ3v) is 3.01. The van der Waals surface area contributed by atoms with Crippen molar-refractivity contribution in [3.8, 4) is 0 Å². The van der Waals surface area contributed by atoms with Gasteiger partial charge in [-0.2, -0.15) is 0 Å². The lowest BCUT2D eigenvalue weighted by molar-refractivity contribution is -0.384. The molecule has 2 aromatic carbocycles. The molecular formula is C13H9ClN2O2S. The molecule has 0 amide bonds. The summed E-state index contributed by atoms with van der Waals surface area (Å²) in [5.41, 5.74) is 1.39. The van der Waals surface area contributed by atoms with Gasteiger partial charge in [0.1, 0.15) is 4.99 Å². The van der Waals surface area contributed by atoms with Gasteiger partial charge in [0.2, 0.25) is 0 Å². The second kappa shape index (κ2) is 5.77. The van der Waals surface area contributed by atoms with Gasteiger partial charge in [-0.25, -0.2) is 0 Å². The molecule has 4 nitrogen and oxygen atoms in total. The van der Waals surface area contributed by atoms with Crippen molar-refractivity contribution in [2.24, 2.45) is 0 Å². The zero-order valence-electron chi connectivity index (χ0n) is 9.67. The van der Waals surface area contributed by atoms with Crippen molar-refractivity contribution in [3.63, 3.8) is 0 Å². The summed E-state index contributed by atoms with van der Waals surface area (Å²) in [4.78, 5) is 10.7. The number of hydrogen-bond acceptors (Lipinski definition) is 3. The van der Waals surface area contributed by atoms with E-state index in [1.165, 1.54) is 12.1 Å². The minimum Gasteiger partial charge on any atom is -0.346 e. The minimum absolute atomic E-state index is 0.0175. The molecule has 2 rings (SSSR count). The fourth-order valence-electron chi connectivity index (χ4n) is 1.50. The number of non-ortho nitro benzene ring substituents is 1. The van der Waals surface area contributed by atoms with Crippen molar-refractivity contribution in [1.29, 1.82) is 0 Å². The Labute approximate surface area is 120 Å². The molecule has 19 heavy (non-hydrogen) atoms. The smallest absolute Gasteiger partial charge is 0.271 e. The summed E-state index contributed by atoms with van der Waals surface area (Å²) in [5.74, 6) is 0. The summed E-state index contributed by atoms with van der Waals surface area (Å²) in [7, 11) is 0. The predicted molar refractivity (Wildman–Crippen MR) is 79.9 cm³/mol. The van der Waals surface area contributed by atoms with Gasteiger partial charge in [-0.3, -0.25) is 10.1 Å². The zero-order chi connectivity index (χ0) is 13.8. The first kappa shape index (κ1) is 13.5. The van der Waals surface area contributed by atoms with Crippen LogP contribution in [0.2, 0.25) is 5.02 Å². The molecule has 0 aliphatic rings. The average molecular weight is 293 g/mol. The highest BCUT2D eigenvalue weighted by atomic mass is 35.5. The van der Waals surface area contributed by atoms with Crippen LogP contribution in [0.15, 0.2) is 48.5 Å². The van der Waals surface area contributed by atoms with Gasteiger partial charge < -0.3 is 5.32 Å². The van der Waals surface area contributed by atoms with Crippen LogP contribution in [0.3, 0.4) is 0 Å². The number of hydrogen-bond donors (Lipinski definition) is 1. The molecular weight excluding hydrogens is 284 g/mol. The van der Waals surface area contributed by atoms with E-state index in [4.69, 9.17) is 23.8 Å². The van der Waals surface area contributed by atoms with E-state index in [-0.39, 0.29) is 5.69 Å². The molecule has 96 valence electrons. The summed E-state index contributed by atoms with van der Waals surface area (Å²) >= 11 is 11.0. The largest absolute Gasteiger partial charge is 0.346 e. The van der Waals surface area contributed by atoms with Gasteiger partial charge in [-0.05, 0) is 18.2 Å². The number of anilines is 1.